The first-order valence-corrected chi connectivity index (χ1v) is 4.95. The number of rotatable bonds is 4. The molecule has 0 aliphatic heterocycles. The standard InChI is InChI=1S/C10H12O3.C2H6/c1-8-5-9(6-11)3-4-10(8)13-7-12-2;1-2/h3-6H,7H2,1-2H3;1-2H3. The molecule has 1 aromatic carbocycles. The average Bonchev–Trinajstić information content (AvgIpc) is 2.30. The van der Waals surface area contributed by atoms with Crippen molar-refractivity contribution in [2.24, 2.45) is 0 Å². The minimum absolute atomic E-state index is 0.223. The first-order valence-electron chi connectivity index (χ1n) is 4.95. The van der Waals surface area contributed by atoms with Crippen LogP contribution in [0.5, 0.6) is 5.75 Å². The third-order valence-corrected chi connectivity index (χ3v) is 1.67. The molecule has 0 spiro atoms. The smallest absolute Gasteiger partial charge is 0.188 e. The molecule has 0 atom stereocenters. The summed E-state index contributed by atoms with van der Waals surface area (Å²) in [7, 11) is 1.56. The Morgan fingerprint density at radius 2 is 2.00 bits per heavy atom. The first-order chi connectivity index (χ1) is 7.27. The van der Waals surface area contributed by atoms with Crippen molar-refractivity contribution in [1.29, 1.82) is 0 Å². The van der Waals surface area contributed by atoms with Crippen LogP contribution in [0.2, 0.25) is 0 Å². The fourth-order valence-electron chi connectivity index (χ4n) is 1.03. The molecule has 0 aliphatic rings. The normalized spacial score (nSPS) is 8.80. The molecule has 3 heteroatoms. The van der Waals surface area contributed by atoms with E-state index in [-0.39, 0.29) is 6.79 Å². The third kappa shape index (κ3) is 4.61. The van der Waals surface area contributed by atoms with Crippen LogP contribution in [0.25, 0.3) is 0 Å². The van der Waals surface area contributed by atoms with E-state index >= 15 is 0 Å². The van der Waals surface area contributed by atoms with Crippen molar-refractivity contribution < 1.29 is 14.3 Å². The van der Waals surface area contributed by atoms with Gasteiger partial charge >= 0.3 is 0 Å². The van der Waals surface area contributed by atoms with Crippen molar-refractivity contribution in [3.05, 3.63) is 29.3 Å². The van der Waals surface area contributed by atoms with Gasteiger partial charge in [0.05, 0.1) is 0 Å². The number of ether oxygens (including phenoxy) is 2. The molecule has 0 saturated heterocycles. The van der Waals surface area contributed by atoms with Gasteiger partial charge in [0.1, 0.15) is 12.0 Å². The van der Waals surface area contributed by atoms with Gasteiger partial charge in [-0.2, -0.15) is 0 Å². The molecule has 1 aromatic rings. The molecule has 0 bridgehead atoms. The number of hydrogen-bond donors (Lipinski definition) is 0. The summed E-state index contributed by atoms with van der Waals surface area (Å²) in [6.07, 6.45) is 0.813. The molecule has 3 nitrogen and oxygen atoms in total. The van der Waals surface area contributed by atoms with Crippen LogP contribution in [-0.2, 0) is 4.74 Å². The lowest BCUT2D eigenvalue weighted by molar-refractivity contribution is 0.0506. The average molecular weight is 210 g/mol. The van der Waals surface area contributed by atoms with Crippen molar-refractivity contribution in [1.82, 2.24) is 0 Å². The zero-order valence-corrected chi connectivity index (χ0v) is 9.74. The largest absolute Gasteiger partial charge is 0.467 e. The van der Waals surface area contributed by atoms with Gasteiger partial charge in [0.15, 0.2) is 6.79 Å². The predicted octanol–water partition coefficient (Wildman–Crippen LogP) is 2.82. The molecule has 0 aliphatic carbocycles. The maximum Gasteiger partial charge on any atom is 0.188 e. The summed E-state index contributed by atoms with van der Waals surface area (Å²) < 4.78 is 10.0. The number of hydrogen-bond acceptors (Lipinski definition) is 3. The van der Waals surface area contributed by atoms with Crippen molar-refractivity contribution >= 4 is 6.29 Å². The topological polar surface area (TPSA) is 35.5 Å². The lowest BCUT2D eigenvalue weighted by Crippen LogP contribution is -2.00. The molecule has 1 rings (SSSR count). The van der Waals surface area contributed by atoms with Crippen molar-refractivity contribution in [3.63, 3.8) is 0 Å². The summed E-state index contributed by atoms with van der Waals surface area (Å²) in [5.41, 5.74) is 1.59. The monoisotopic (exact) mass is 210 g/mol. The Labute approximate surface area is 91.0 Å². The van der Waals surface area contributed by atoms with Gasteiger partial charge in [-0.1, -0.05) is 13.8 Å². The third-order valence-electron chi connectivity index (χ3n) is 1.67. The summed E-state index contributed by atoms with van der Waals surface area (Å²) in [6, 6.07) is 5.25. The molecular weight excluding hydrogens is 192 g/mol. The maximum absolute atomic E-state index is 10.4. The molecule has 84 valence electrons. The van der Waals surface area contributed by atoms with Crippen LogP contribution in [0.3, 0.4) is 0 Å². The van der Waals surface area contributed by atoms with Gasteiger partial charge in [-0.25, -0.2) is 0 Å². The lowest BCUT2D eigenvalue weighted by atomic mass is 10.1. The Kier molecular flexibility index (Phi) is 7.28. The van der Waals surface area contributed by atoms with E-state index in [1.165, 1.54) is 0 Å². The number of aryl methyl sites for hydroxylation is 1. The van der Waals surface area contributed by atoms with Gasteiger partial charge in [-0.15, -0.1) is 0 Å². The zero-order chi connectivity index (χ0) is 11.7. The van der Waals surface area contributed by atoms with E-state index in [0.29, 0.717) is 5.56 Å². The van der Waals surface area contributed by atoms with Crippen LogP contribution in [0, 0.1) is 6.92 Å². The number of aldehydes is 1. The second-order valence-corrected chi connectivity index (χ2v) is 2.69. The van der Waals surface area contributed by atoms with Gasteiger partial charge in [0, 0.05) is 12.7 Å². The molecule has 0 N–H and O–H groups in total. The summed E-state index contributed by atoms with van der Waals surface area (Å²) in [5.74, 6) is 0.743. The van der Waals surface area contributed by atoms with Crippen LogP contribution in [-0.4, -0.2) is 20.2 Å². The number of carbonyl (C=O) groups excluding carboxylic acids is 1. The highest BCUT2D eigenvalue weighted by Gasteiger charge is 1.99. The molecule has 0 saturated carbocycles. The Bertz CT molecular complexity index is 295. The molecule has 0 heterocycles. The minimum atomic E-state index is 0.223. The number of methoxy groups -OCH3 is 1. The molecule has 0 fully saturated rings. The Morgan fingerprint density at radius 3 is 2.47 bits per heavy atom. The quantitative estimate of drug-likeness (QED) is 0.566. The highest BCUT2D eigenvalue weighted by Crippen LogP contribution is 2.18. The molecule has 15 heavy (non-hydrogen) atoms. The van der Waals surface area contributed by atoms with E-state index in [9.17, 15) is 4.79 Å². The summed E-state index contributed by atoms with van der Waals surface area (Å²) in [6.45, 7) is 6.11. The summed E-state index contributed by atoms with van der Waals surface area (Å²) >= 11 is 0. The first kappa shape index (κ1) is 13.7. The van der Waals surface area contributed by atoms with Crippen molar-refractivity contribution in [2.45, 2.75) is 20.8 Å². The Balaban J connectivity index is 0.000000921. The Hall–Kier alpha value is -1.35. The fraction of sp³-hybridized carbons (Fsp3) is 0.417. The van der Waals surface area contributed by atoms with Crippen LogP contribution in [0.15, 0.2) is 18.2 Å². The van der Waals surface area contributed by atoms with Crippen molar-refractivity contribution in [3.8, 4) is 5.75 Å². The van der Waals surface area contributed by atoms with Crippen LogP contribution in [0.4, 0.5) is 0 Å². The molecular formula is C12H18O3. The highest BCUT2D eigenvalue weighted by atomic mass is 16.7. The second kappa shape index (κ2) is 8.00. The molecule has 0 amide bonds. The Morgan fingerprint density at radius 1 is 1.33 bits per heavy atom. The van der Waals surface area contributed by atoms with Crippen LogP contribution < -0.4 is 4.74 Å². The van der Waals surface area contributed by atoms with E-state index < -0.39 is 0 Å². The van der Waals surface area contributed by atoms with Gasteiger partial charge < -0.3 is 9.47 Å². The van der Waals surface area contributed by atoms with E-state index in [0.717, 1.165) is 17.6 Å². The van der Waals surface area contributed by atoms with Crippen molar-refractivity contribution in [2.75, 3.05) is 13.9 Å². The minimum Gasteiger partial charge on any atom is -0.467 e. The van der Waals surface area contributed by atoms with E-state index in [1.54, 1.807) is 25.3 Å². The van der Waals surface area contributed by atoms with Gasteiger partial charge in [-0.05, 0) is 30.7 Å². The zero-order valence-electron chi connectivity index (χ0n) is 9.74. The second-order valence-electron chi connectivity index (χ2n) is 2.69. The molecule has 0 aromatic heterocycles. The highest BCUT2D eigenvalue weighted by molar-refractivity contribution is 5.75. The van der Waals surface area contributed by atoms with Gasteiger partial charge in [-0.3, -0.25) is 4.79 Å². The van der Waals surface area contributed by atoms with Crippen LogP contribution in [0.1, 0.15) is 29.8 Å². The fourth-order valence-corrected chi connectivity index (χ4v) is 1.03. The predicted molar refractivity (Wildman–Crippen MR) is 60.4 cm³/mol. The molecule has 0 radical (unpaired) electrons. The summed E-state index contributed by atoms with van der Waals surface area (Å²) in [4.78, 5) is 10.4. The van der Waals surface area contributed by atoms with E-state index in [2.05, 4.69) is 0 Å². The van der Waals surface area contributed by atoms with Gasteiger partial charge in [0.2, 0.25) is 0 Å². The number of carbonyl (C=O) groups is 1. The van der Waals surface area contributed by atoms with E-state index in [1.807, 2.05) is 20.8 Å². The SMILES string of the molecule is CC.COCOc1ccc(C=O)cc1C. The summed E-state index contributed by atoms with van der Waals surface area (Å²) in [5, 5.41) is 0. The van der Waals surface area contributed by atoms with E-state index in [4.69, 9.17) is 9.47 Å². The maximum atomic E-state index is 10.4. The van der Waals surface area contributed by atoms with Crippen LogP contribution >= 0.6 is 0 Å². The molecule has 0 unspecified atom stereocenters. The lowest BCUT2D eigenvalue weighted by Gasteiger charge is -2.07. The number of benzene rings is 1. The van der Waals surface area contributed by atoms with Gasteiger partial charge in [0.25, 0.3) is 0 Å².